The third kappa shape index (κ3) is 4.44. The van der Waals surface area contributed by atoms with Crippen LogP contribution in [0.1, 0.15) is 16.8 Å². The molecule has 0 radical (unpaired) electrons. The zero-order valence-corrected chi connectivity index (χ0v) is 13.1. The molecule has 3 rings (SSSR count). The molecule has 0 amide bonds. The van der Waals surface area contributed by atoms with Crippen LogP contribution in [0, 0.1) is 0 Å². The molecular weight excluding hydrogens is 312 g/mol. The molecule has 0 aliphatic rings. The van der Waals surface area contributed by atoms with E-state index in [2.05, 4.69) is 10.2 Å². The number of nitrogens with zero attached hydrogens (tertiary/aromatic N) is 1. The van der Waals surface area contributed by atoms with Gasteiger partial charge in [0.15, 0.2) is 0 Å². The molecule has 4 nitrogen and oxygen atoms in total. The number of aromatic amines is 1. The van der Waals surface area contributed by atoms with E-state index in [1.807, 2.05) is 48.5 Å². The Kier molecular flexibility index (Phi) is 4.74. The molecule has 0 fully saturated rings. The number of aromatic nitrogens is 2. The summed E-state index contributed by atoms with van der Waals surface area (Å²) in [6, 6.07) is 18.6. The molecule has 5 heteroatoms. The number of ether oxygens (including phenoxy) is 1. The maximum absolute atomic E-state index is 11.0. The first-order chi connectivity index (χ1) is 11.2. The number of hydrogen-bond donors (Lipinski definition) is 1. The fourth-order valence-electron chi connectivity index (χ4n) is 2.22. The van der Waals surface area contributed by atoms with E-state index in [1.165, 1.54) is 6.07 Å². The lowest BCUT2D eigenvalue weighted by atomic mass is 10.1. The number of rotatable bonds is 5. The Morgan fingerprint density at radius 2 is 1.83 bits per heavy atom. The van der Waals surface area contributed by atoms with Crippen LogP contribution in [-0.2, 0) is 13.0 Å². The predicted molar refractivity (Wildman–Crippen MR) is 89.9 cm³/mol. The van der Waals surface area contributed by atoms with E-state index in [4.69, 9.17) is 16.3 Å². The van der Waals surface area contributed by atoms with Crippen molar-refractivity contribution >= 4 is 11.6 Å². The van der Waals surface area contributed by atoms with E-state index in [0.717, 1.165) is 22.6 Å². The van der Waals surface area contributed by atoms with Gasteiger partial charge in [0.25, 0.3) is 5.56 Å². The number of H-pyrrole nitrogens is 1. The Bertz CT molecular complexity index is 841. The highest BCUT2D eigenvalue weighted by atomic mass is 35.5. The molecule has 0 atom stereocenters. The van der Waals surface area contributed by atoms with Gasteiger partial charge in [-0.05, 0) is 41.5 Å². The van der Waals surface area contributed by atoms with Crippen molar-refractivity contribution in [1.82, 2.24) is 10.2 Å². The molecule has 0 aliphatic heterocycles. The minimum atomic E-state index is -0.202. The number of nitrogens with one attached hydrogen (secondary N) is 1. The summed E-state index contributed by atoms with van der Waals surface area (Å²) in [5, 5.41) is 7.15. The van der Waals surface area contributed by atoms with Crippen LogP contribution in [0.5, 0.6) is 5.75 Å². The van der Waals surface area contributed by atoms with Gasteiger partial charge in [-0.15, -0.1) is 0 Å². The fourth-order valence-corrected chi connectivity index (χ4v) is 2.43. The highest BCUT2D eigenvalue weighted by molar-refractivity contribution is 6.30. The lowest BCUT2D eigenvalue weighted by molar-refractivity contribution is 0.306. The van der Waals surface area contributed by atoms with Crippen molar-refractivity contribution in [2.24, 2.45) is 0 Å². The third-order valence-electron chi connectivity index (χ3n) is 3.32. The molecule has 0 saturated carbocycles. The number of halogens is 1. The van der Waals surface area contributed by atoms with Crippen LogP contribution in [-0.4, -0.2) is 10.2 Å². The Morgan fingerprint density at radius 3 is 2.61 bits per heavy atom. The zero-order valence-electron chi connectivity index (χ0n) is 12.3. The highest BCUT2D eigenvalue weighted by Gasteiger charge is 2.02. The molecule has 1 N–H and O–H groups in total. The molecule has 3 aromatic rings. The van der Waals surface area contributed by atoms with Gasteiger partial charge < -0.3 is 4.74 Å². The van der Waals surface area contributed by atoms with Gasteiger partial charge in [-0.1, -0.05) is 35.9 Å². The van der Waals surface area contributed by atoms with Crippen LogP contribution in [0.3, 0.4) is 0 Å². The molecule has 0 bridgehead atoms. The van der Waals surface area contributed by atoms with Crippen molar-refractivity contribution in [3.63, 3.8) is 0 Å². The van der Waals surface area contributed by atoms with Crippen molar-refractivity contribution in [3.8, 4) is 5.75 Å². The lowest BCUT2D eigenvalue weighted by Crippen LogP contribution is -2.07. The summed E-state index contributed by atoms with van der Waals surface area (Å²) in [6.45, 7) is 0.459. The molecule has 0 spiro atoms. The average molecular weight is 327 g/mol. The topological polar surface area (TPSA) is 55.0 Å². The van der Waals surface area contributed by atoms with Gasteiger partial charge in [0, 0.05) is 17.5 Å². The van der Waals surface area contributed by atoms with E-state index < -0.39 is 0 Å². The first-order valence-corrected chi connectivity index (χ1v) is 7.58. The third-order valence-corrected chi connectivity index (χ3v) is 3.55. The molecule has 0 unspecified atom stereocenters. The molecule has 1 heterocycles. The second kappa shape index (κ2) is 7.11. The summed E-state index contributed by atoms with van der Waals surface area (Å²) in [6.07, 6.45) is 0.630. The molecule has 0 aliphatic carbocycles. The maximum atomic E-state index is 11.0. The first-order valence-electron chi connectivity index (χ1n) is 7.20. The van der Waals surface area contributed by atoms with Crippen LogP contribution in [0.2, 0.25) is 5.02 Å². The Hall–Kier alpha value is -2.59. The summed E-state index contributed by atoms with van der Waals surface area (Å²) in [7, 11) is 0. The highest BCUT2D eigenvalue weighted by Crippen LogP contribution is 2.18. The largest absolute Gasteiger partial charge is 0.489 e. The summed E-state index contributed by atoms with van der Waals surface area (Å²) in [4.78, 5) is 11.0. The van der Waals surface area contributed by atoms with Crippen LogP contribution in [0.15, 0.2) is 65.5 Å². The van der Waals surface area contributed by atoms with E-state index in [1.54, 1.807) is 6.07 Å². The van der Waals surface area contributed by atoms with Crippen molar-refractivity contribution in [2.75, 3.05) is 0 Å². The van der Waals surface area contributed by atoms with Crippen molar-refractivity contribution < 1.29 is 4.74 Å². The minimum Gasteiger partial charge on any atom is -0.489 e. The summed E-state index contributed by atoms with van der Waals surface area (Å²) < 4.78 is 5.81. The zero-order chi connectivity index (χ0) is 16.1. The van der Waals surface area contributed by atoms with E-state index in [0.29, 0.717) is 18.1 Å². The van der Waals surface area contributed by atoms with Gasteiger partial charge in [-0.25, -0.2) is 5.10 Å². The number of benzene rings is 2. The van der Waals surface area contributed by atoms with Crippen molar-refractivity contribution in [3.05, 3.63) is 92.9 Å². The number of hydrogen-bond acceptors (Lipinski definition) is 3. The standard InChI is InChI=1S/C18H15ClN2O2/c19-15-5-1-4-14(9-15)12-23-17-6-2-3-13(11-17)10-16-7-8-18(22)21-20-16/h1-9,11H,10,12H2,(H,21,22). The fraction of sp³-hybridized carbons (Fsp3) is 0.111. The average Bonchev–Trinajstić information content (AvgIpc) is 2.56. The van der Waals surface area contributed by atoms with Gasteiger partial charge in [0.2, 0.25) is 0 Å². The molecule has 2 aromatic carbocycles. The second-order valence-corrected chi connectivity index (χ2v) is 5.59. The monoisotopic (exact) mass is 326 g/mol. The molecule has 23 heavy (non-hydrogen) atoms. The van der Waals surface area contributed by atoms with E-state index in [-0.39, 0.29) is 5.56 Å². The first kappa shape index (κ1) is 15.3. The normalized spacial score (nSPS) is 10.5. The van der Waals surface area contributed by atoms with Crippen molar-refractivity contribution in [1.29, 1.82) is 0 Å². The Labute approximate surface area is 138 Å². The SMILES string of the molecule is O=c1ccc(Cc2cccc(OCc3cccc(Cl)c3)c2)n[nH]1. The molecule has 116 valence electrons. The predicted octanol–water partition coefficient (Wildman–Crippen LogP) is 3.59. The van der Waals surface area contributed by atoms with E-state index >= 15 is 0 Å². The molecule has 0 saturated heterocycles. The summed E-state index contributed by atoms with van der Waals surface area (Å²) >= 11 is 5.97. The quantitative estimate of drug-likeness (QED) is 0.779. The van der Waals surface area contributed by atoms with Crippen LogP contribution < -0.4 is 10.3 Å². The van der Waals surface area contributed by atoms with Crippen molar-refractivity contribution in [2.45, 2.75) is 13.0 Å². The minimum absolute atomic E-state index is 0.202. The van der Waals surface area contributed by atoms with Crippen LogP contribution in [0.25, 0.3) is 0 Å². The van der Waals surface area contributed by atoms with Gasteiger partial charge >= 0.3 is 0 Å². The Morgan fingerprint density at radius 1 is 1.00 bits per heavy atom. The van der Waals surface area contributed by atoms with Gasteiger partial charge in [-0.3, -0.25) is 4.79 Å². The smallest absolute Gasteiger partial charge is 0.264 e. The second-order valence-electron chi connectivity index (χ2n) is 5.16. The molecule has 1 aromatic heterocycles. The van der Waals surface area contributed by atoms with Gasteiger partial charge in [0.1, 0.15) is 12.4 Å². The maximum Gasteiger partial charge on any atom is 0.264 e. The lowest BCUT2D eigenvalue weighted by Gasteiger charge is -2.08. The summed E-state index contributed by atoms with van der Waals surface area (Å²) in [5.41, 5.74) is 2.68. The molecular formula is C18H15ClN2O2. The Balaban J connectivity index is 1.67. The summed E-state index contributed by atoms with van der Waals surface area (Å²) in [5.74, 6) is 0.784. The van der Waals surface area contributed by atoms with Crippen LogP contribution in [0.4, 0.5) is 0 Å². The van der Waals surface area contributed by atoms with E-state index in [9.17, 15) is 4.79 Å². The van der Waals surface area contributed by atoms with Gasteiger partial charge in [-0.2, -0.15) is 5.10 Å². The van der Waals surface area contributed by atoms with Gasteiger partial charge in [0.05, 0.1) is 5.69 Å². The van der Waals surface area contributed by atoms with Crippen LogP contribution >= 0.6 is 11.6 Å².